The molecule has 0 spiro atoms. The van der Waals surface area contributed by atoms with Gasteiger partial charge in [0.2, 0.25) is 5.91 Å². The molecular formula is C14H17ClN2O3. The molecule has 1 aliphatic rings. The average Bonchev–Trinajstić information content (AvgIpc) is 2.41. The van der Waals surface area contributed by atoms with Crippen molar-refractivity contribution >= 4 is 23.4 Å². The third-order valence-corrected chi connectivity index (χ3v) is 4.04. The second-order valence-corrected chi connectivity index (χ2v) is 5.56. The molecule has 2 unspecified atom stereocenters. The first-order chi connectivity index (χ1) is 9.40. The highest BCUT2D eigenvalue weighted by molar-refractivity contribution is 6.32. The van der Waals surface area contributed by atoms with E-state index >= 15 is 0 Å². The largest absolute Gasteiger partial charge is 0.506 e. The van der Waals surface area contributed by atoms with E-state index < -0.39 is 0 Å². The molecule has 1 aromatic carbocycles. The first kappa shape index (κ1) is 14.7. The number of nitrogens with two attached hydrogens (primary N) is 1. The summed E-state index contributed by atoms with van der Waals surface area (Å²) in [7, 11) is 0. The highest BCUT2D eigenvalue weighted by atomic mass is 35.5. The van der Waals surface area contributed by atoms with Gasteiger partial charge in [0.1, 0.15) is 5.75 Å². The van der Waals surface area contributed by atoms with Gasteiger partial charge in [-0.05, 0) is 38.0 Å². The van der Waals surface area contributed by atoms with Crippen molar-refractivity contribution in [2.45, 2.75) is 25.8 Å². The maximum Gasteiger partial charge on any atom is 0.254 e. The van der Waals surface area contributed by atoms with E-state index in [2.05, 4.69) is 0 Å². The summed E-state index contributed by atoms with van der Waals surface area (Å²) in [4.78, 5) is 25.4. The van der Waals surface area contributed by atoms with Crippen LogP contribution in [-0.4, -0.2) is 34.4 Å². The molecule has 0 bridgehead atoms. The summed E-state index contributed by atoms with van der Waals surface area (Å²) in [6.45, 7) is 2.27. The Morgan fingerprint density at radius 2 is 2.10 bits per heavy atom. The van der Waals surface area contributed by atoms with Crippen LogP contribution in [0.15, 0.2) is 18.2 Å². The van der Waals surface area contributed by atoms with E-state index in [4.69, 9.17) is 17.3 Å². The van der Waals surface area contributed by atoms with E-state index in [1.165, 1.54) is 18.2 Å². The fourth-order valence-electron chi connectivity index (χ4n) is 2.43. The molecule has 0 saturated carbocycles. The number of amides is 2. The lowest BCUT2D eigenvalue weighted by atomic mass is 9.92. The van der Waals surface area contributed by atoms with Crippen LogP contribution < -0.4 is 5.73 Å². The zero-order valence-corrected chi connectivity index (χ0v) is 11.9. The molecule has 20 heavy (non-hydrogen) atoms. The number of halogens is 1. The Hall–Kier alpha value is -1.75. The van der Waals surface area contributed by atoms with E-state index in [-0.39, 0.29) is 34.5 Å². The summed E-state index contributed by atoms with van der Waals surface area (Å²) in [5.74, 6) is -0.948. The van der Waals surface area contributed by atoms with Crippen LogP contribution in [0.1, 0.15) is 30.1 Å². The zero-order chi connectivity index (χ0) is 14.9. The molecule has 5 nitrogen and oxygen atoms in total. The Kier molecular flexibility index (Phi) is 4.18. The van der Waals surface area contributed by atoms with Gasteiger partial charge in [-0.3, -0.25) is 9.59 Å². The predicted molar refractivity (Wildman–Crippen MR) is 75.5 cm³/mol. The van der Waals surface area contributed by atoms with Gasteiger partial charge in [0.05, 0.1) is 10.9 Å². The fraction of sp³-hybridized carbons (Fsp3) is 0.429. The minimum atomic E-state index is -0.376. The number of hydrogen-bond donors (Lipinski definition) is 2. The van der Waals surface area contributed by atoms with Crippen LogP contribution in [0.2, 0.25) is 5.02 Å². The Morgan fingerprint density at radius 3 is 2.70 bits per heavy atom. The van der Waals surface area contributed by atoms with Gasteiger partial charge < -0.3 is 15.7 Å². The smallest absolute Gasteiger partial charge is 0.254 e. The minimum Gasteiger partial charge on any atom is -0.506 e. The first-order valence-electron chi connectivity index (χ1n) is 6.49. The van der Waals surface area contributed by atoms with Gasteiger partial charge in [-0.15, -0.1) is 0 Å². The maximum atomic E-state index is 12.5. The molecule has 2 amide bonds. The van der Waals surface area contributed by atoms with Crippen molar-refractivity contribution in [2.75, 3.05) is 6.54 Å². The molecule has 108 valence electrons. The molecule has 1 heterocycles. The number of carbonyl (C=O) groups is 2. The molecule has 2 rings (SSSR count). The molecule has 0 radical (unpaired) electrons. The van der Waals surface area contributed by atoms with Gasteiger partial charge in [0.25, 0.3) is 5.91 Å². The number of benzene rings is 1. The standard InChI is InChI=1S/C14H17ClN2O3/c1-8-2-3-10(13(16)19)7-17(8)14(20)9-4-5-12(18)11(15)6-9/h4-6,8,10,18H,2-3,7H2,1H3,(H2,16,19). The second-order valence-electron chi connectivity index (χ2n) is 5.15. The SMILES string of the molecule is CC1CCC(C(N)=O)CN1C(=O)c1ccc(O)c(Cl)c1. The zero-order valence-electron chi connectivity index (χ0n) is 11.2. The number of nitrogens with zero attached hydrogens (tertiary/aromatic N) is 1. The number of piperidine rings is 1. The summed E-state index contributed by atoms with van der Waals surface area (Å²) < 4.78 is 0. The monoisotopic (exact) mass is 296 g/mol. The number of aromatic hydroxyl groups is 1. The lowest BCUT2D eigenvalue weighted by Crippen LogP contribution is -2.48. The van der Waals surface area contributed by atoms with Crippen LogP contribution in [-0.2, 0) is 4.79 Å². The molecule has 1 fully saturated rings. The lowest BCUT2D eigenvalue weighted by molar-refractivity contribution is -0.123. The van der Waals surface area contributed by atoms with Crippen LogP contribution in [0.4, 0.5) is 0 Å². The Labute approximate surface area is 122 Å². The molecule has 6 heteroatoms. The quantitative estimate of drug-likeness (QED) is 0.872. The van der Waals surface area contributed by atoms with Gasteiger partial charge in [-0.2, -0.15) is 0 Å². The second kappa shape index (κ2) is 5.71. The van der Waals surface area contributed by atoms with Crippen LogP contribution in [0.25, 0.3) is 0 Å². The summed E-state index contributed by atoms with van der Waals surface area (Å²) in [5, 5.41) is 9.52. The van der Waals surface area contributed by atoms with E-state index in [9.17, 15) is 14.7 Å². The normalized spacial score (nSPS) is 22.6. The van der Waals surface area contributed by atoms with E-state index in [1.807, 2.05) is 6.92 Å². The molecule has 3 N–H and O–H groups in total. The van der Waals surface area contributed by atoms with Gasteiger partial charge in [0.15, 0.2) is 0 Å². The van der Waals surface area contributed by atoms with Crippen LogP contribution in [0.3, 0.4) is 0 Å². The number of phenolic OH excluding ortho intramolecular Hbond substituents is 1. The lowest BCUT2D eigenvalue weighted by Gasteiger charge is -2.37. The molecule has 0 aliphatic carbocycles. The molecule has 1 aromatic rings. The topological polar surface area (TPSA) is 83.6 Å². The number of phenols is 1. The van der Waals surface area contributed by atoms with Crippen LogP contribution in [0.5, 0.6) is 5.75 Å². The summed E-state index contributed by atoms with van der Waals surface area (Å²) in [6, 6.07) is 4.38. The van der Waals surface area contributed by atoms with Crippen molar-refractivity contribution < 1.29 is 14.7 Å². The van der Waals surface area contributed by atoms with Crippen LogP contribution >= 0.6 is 11.6 Å². The Balaban J connectivity index is 2.21. The fourth-order valence-corrected chi connectivity index (χ4v) is 2.61. The van der Waals surface area contributed by atoms with Crippen molar-refractivity contribution in [1.82, 2.24) is 4.90 Å². The number of likely N-dealkylation sites (tertiary alicyclic amines) is 1. The van der Waals surface area contributed by atoms with E-state index in [0.717, 1.165) is 6.42 Å². The molecule has 2 atom stereocenters. The van der Waals surface area contributed by atoms with Crippen molar-refractivity contribution in [3.63, 3.8) is 0 Å². The van der Waals surface area contributed by atoms with Crippen LogP contribution in [0, 0.1) is 5.92 Å². The van der Waals surface area contributed by atoms with Crippen molar-refractivity contribution in [2.24, 2.45) is 11.7 Å². The first-order valence-corrected chi connectivity index (χ1v) is 6.86. The third kappa shape index (κ3) is 2.88. The number of rotatable bonds is 2. The number of hydrogen-bond acceptors (Lipinski definition) is 3. The number of primary amides is 1. The minimum absolute atomic E-state index is 0.0469. The number of carbonyl (C=O) groups excluding carboxylic acids is 2. The Morgan fingerprint density at radius 1 is 1.40 bits per heavy atom. The molecule has 1 aliphatic heterocycles. The van der Waals surface area contributed by atoms with Crippen molar-refractivity contribution in [3.8, 4) is 5.75 Å². The summed E-state index contributed by atoms with van der Waals surface area (Å²) in [5.41, 5.74) is 5.72. The van der Waals surface area contributed by atoms with E-state index in [0.29, 0.717) is 18.5 Å². The highest BCUT2D eigenvalue weighted by Gasteiger charge is 2.32. The molecule has 1 saturated heterocycles. The van der Waals surface area contributed by atoms with E-state index in [1.54, 1.807) is 4.90 Å². The summed E-state index contributed by atoms with van der Waals surface area (Å²) in [6.07, 6.45) is 1.45. The highest BCUT2D eigenvalue weighted by Crippen LogP contribution is 2.27. The average molecular weight is 297 g/mol. The molecule has 0 aromatic heterocycles. The predicted octanol–water partition coefficient (Wildman–Crippen LogP) is 1.77. The Bertz CT molecular complexity index is 547. The maximum absolute atomic E-state index is 12.5. The van der Waals surface area contributed by atoms with Gasteiger partial charge in [0, 0.05) is 18.2 Å². The van der Waals surface area contributed by atoms with Gasteiger partial charge >= 0.3 is 0 Å². The van der Waals surface area contributed by atoms with Crippen molar-refractivity contribution in [3.05, 3.63) is 28.8 Å². The van der Waals surface area contributed by atoms with Crippen molar-refractivity contribution in [1.29, 1.82) is 0 Å². The van der Waals surface area contributed by atoms with Gasteiger partial charge in [-0.1, -0.05) is 11.6 Å². The summed E-state index contributed by atoms with van der Waals surface area (Å²) >= 11 is 5.82. The van der Waals surface area contributed by atoms with Gasteiger partial charge in [-0.25, -0.2) is 0 Å². The third-order valence-electron chi connectivity index (χ3n) is 3.74. The molecular weight excluding hydrogens is 280 g/mol.